The predicted molar refractivity (Wildman–Crippen MR) is 81.3 cm³/mol. The summed E-state index contributed by atoms with van der Waals surface area (Å²) in [5.41, 5.74) is 0. The Balaban J connectivity index is 2.82. The van der Waals surface area contributed by atoms with Crippen molar-refractivity contribution in [3.8, 4) is 0 Å². The normalized spacial score (nSPS) is 17.8. The van der Waals surface area contributed by atoms with Crippen LogP contribution in [-0.4, -0.2) is 79.8 Å². The Hall–Kier alpha value is -0.700. The highest BCUT2D eigenvalue weighted by atomic mass is 32.2. The molecule has 124 valence electrons. The van der Waals surface area contributed by atoms with Gasteiger partial charge in [0.15, 0.2) is 0 Å². The topological polar surface area (TPSA) is 81.2 Å². The molecule has 0 saturated heterocycles. The van der Waals surface area contributed by atoms with Crippen molar-refractivity contribution in [3.63, 3.8) is 0 Å². The van der Waals surface area contributed by atoms with Gasteiger partial charge in [0, 0.05) is 26.2 Å². The first-order valence-corrected chi connectivity index (χ1v) is 8.74. The molecule has 21 heavy (non-hydrogen) atoms. The van der Waals surface area contributed by atoms with Crippen LogP contribution in [-0.2, 0) is 15.0 Å². The summed E-state index contributed by atoms with van der Waals surface area (Å²) in [5, 5.41) is 8.97. The molecule has 1 fully saturated rings. The Morgan fingerprint density at radius 3 is 2.14 bits per heavy atom. The van der Waals surface area contributed by atoms with Gasteiger partial charge in [0.2, 0.25) is 0 Å². The van der Waals surface area contributed by atoms with Crippen molar-refractivity contribution in [2.24, 2.45) is 0 Å². The molecule has 1 aliphatic carbocycles. The number of hydrogen-bond acceptors (Lipinski definition) is 4. The van der Waals surface area contributed by atoms with E-state index in [1.165, 1.54) is 4.31 Å². The second-order valence-corrected chi connectivity index (χ2v) is 7.83. The second kappa shape index (κ2) is 8.07. The first-order chi connectivity index (χ1) is 9.75. The Morgan fingerprint density at radius 2 is 1.67 bits per heavy atom. The SMILES string of the molecule is CN(C)CCN(CC(=O)O)S(=O)(=O)N(C)C1CCCCC1. The lowest BCUT2D eigenvalue weighted by Gasteiger charge is -2.34. The lowest BCUT2D eigenvalue weighted by atomic mass is 9.96. The van der Waals surface area contributed by atoms with E-state index >= 15 is 0 Å². The number of aliphatic carboxylic acids is 1. The van der Waals surface area contributed by atoms with Crippen LogP contribution in [0.2, 0.25) is 0 Å². The summed E-state index contributed by atoms with van der Waals surface area (Å²) in [6, 6.07) is -0.0144. The molecule has 0 bridgehead atoms. The van der Waals surface area contributed by atoms with E-state index in [0.29, 0.717) is 6.54 Å². The van der Waals surface area contributed by atoms with E-state index in [0.717, 1.165) is 36.4 Å². The molecule has 7 nitrogen and oxygen atoms in total. The summed E-state index contributed by atoms with van der Waals surface area (Å²) in [6.07, 6.45) is 4.90. The van der Waals surface area contributed by atoms with Gasteiger partial charge in [-0.1, -0.05) is 19.3 Å². The molecule has 0 unspecified atom stereocenters. The fourth-order valence-electron chi connectivity index (χ4n) is 2.55. The molecule has 0 atom stereocenters. The lowest BCUT2D eigenvalue weighted by Crippen LogP contribution is -2.50. The van der Waals surface area contributed by atoms with Gasteiger partial charge in [-0.05, 0) is 26.9 Å². The van der Waals surface area contributed by atoms with Crippen LogP contribution in [0.5, 0.6) is 0 Å². The maximum Gasteiger partial charge on any atom is 0.318 e. The minimum atomic E-state index is -3.73. The van der Waals surface area contributed by atoms with Crippen LogP contribution in [0, 0.1) is 0 Å². The molecule has 1 aliphatic rings. The quantitative estimate of drug-likeness (QED) is 0.702. The van der Waals surface area contributed by atoms with Crippen molar-refractivity contribution < 1.29 is 18.3 Å². The van der Waals surface area contributed by atoms with E-state index < -0.39 is 22.7 Å². The number of carboxylic acid groups (broad SMARTS) is 1. The highest BCUT2D eigenvalue weighted by Gasteiger charge is 2.33. The van der Waals surface area contributed by atoms with Gasteiger partial charge in [-0.15, -0.1) is 0 Å². The number of likely N-dealkylation sites (N-methyl/N-ethyl adjacent to an activating group) is 1. The summed E-state index contributed by atoms with van der Waals surface area (Å²) < 4.78 is 27.7. The number of rotatable bonds is 8. The highest BCUT2D eigenvalue weighted by molar-refractivity contribution is 7.86. The van der Waals surface area contributed by atoms with E-state index in [1.54, 1.807) is 7.05 Å². The zero-order chi connectivity index (χ0) is 16.0. The van der Waals surface area contributed by atoms with Gasteiger partial charge in [0.1, 0.15) is 6.54 Å². The third-order valence-corrected chi connectivity index (χ3v) is 5.88. The molecule has 1 N–H and O–H groups in total. The highest BCUT2D eigenvalue weighted by Crippen LogP contribution is 2.24. The molecule has 0 aliphatic heterocycles. The largest absolute Gasteiger partial charge is 0.480 e. The monoisotopic (exact) mass is 321 g/mol. The van der Waals surface area contributed by atoms with Crippen molar-refractivity contribution in [1.29, 1.82) is 0 Å². The van der Waals surface area contributed by atoms with Gasteiger partial charge in [-0.3, -0.25) is 4.79 Å². The van der Waals surface area contributed by atoms with Crippen LogP contribution in [0.25, 0.3) is 0 Å². The maximum atomic E-state index is 12.6. The number of carbonyl (C=O) groups is 1. The zero-order valence-corrected chi connectivity index (χ0v) is 14.0. The third kappa shape index (κ3) is 5.54. The first-order valence-electron chi connectivity index (χ1n) is 7.34. The van der Waals surface area contributed by atoms with Crippen molar-refractivity contribution >= 4 is 16.2 Å². The molecular weight excluding hydrogens is 294 g/mol. The standard InChI is InChI=1S/C13H27N3O4S/c1-14(2)9-10-16(11-13(17)18)21(19,20)15(3)12-7-5-4-6-8-12/h12H,4-11H2,1-3H3,(H,17,18). The molecule has 1 rings (SSSR count). The number of carboxylic acids is 1. The molecule has 0 aromatic rings. The molecule has 0 amide bonds. The van der Waals surface area contributed by atoms with Gasteiger partial charge < -0.3 is 10.0 Å². The molecule has 0 aromatic carbocycles. The molecule has 0 spiro atoms. The molecule has 0 radical (unpaired) electrons. The summed E-state index contributed by atoms with van der Waals surface area (Å²) in [4.78, 5) is 12.8. The van der Waals surface area contributed by atoms with Gasteiger partial charge in [0.05, 0.1) is 0 Å². The second-order valence-electron chi connectivity index (χ2n) is 5.85. The van der Waals surface area contributed by atoms with Crippen LogP contribution in [0.4, 0.5) is 0 Å². The average Bonchev–Trinajstić information content (AvgIpc) is 2.42. The zero-order valence-electron chi connectivity index (χ0n) is 13.2. The van der Waals surface area contributed by atoms with Gasteiger partial charge in [0.25, 0.3) is 10.2 Å². The summed E-state index contributed by atoms with van der Waals surface area (Å²) in [6.45, 7) is 0.178. The van der Waals surface area contributed by atoms with Crippen LogP contribution in [0.3, 0.4) is 0 Å². The van der Waals surface area contributed by atoms with E-state index in [4.69, 9.17) is 5.11 Å². The van der Waals surface area contributed by atoms with Crippen molar-refractivity contribution in [2.75, 3.05) is 40.8 Å². The van der Waals surface area contributed by atoms with Crippen LogP contribution < -0.4 is 0 Å². The van der Waals surface area contributed by atoms with Crippen molar-refractivity contribution in [2.45, 2.75) is 38.1 Å². The first kappa shape index (κ1) is 18.3. The maximum absolute atomic E-state index is 12.6. The van der Waals surface area contributed by atoms with E-state index in [1.807, 2.05) is 19.0 Å². The molecule has 1 saturated carbocycles. The van der Waals surface area contributed by atoms with Gasteiger partial charge >= 0.3 is 5.97 Å². The molecule has 0 heterocycles. The fraction of sp³-hybridized carbons (Fsp3) is 0.923. The molecular formula is C13H27N3O4S. The Morgan fingerprint density at radius 1 is 1.10 bits per heavy atom. The predicted octanol–water partition coefficient (Wildman–Crippen LogP) is 0.444. The smallest absolute Gasteiger partial charge is 0.318 e. The summed E-state index contributed by atoms with van der Waals surface area (Å²) in [5.74, 6) is -1.13. The third-order valence-electron chi connectivity index (χ3n) is 3.89. The lowest BCUT2D eigenvalue weighted by molar-refractivity contribution is -0.137. The van der Waals surface area contributed by atoms with E-state index in [-0.39, 0.29) is 12.6 Å². The molecule has 0 aromatic heterocycles. The van der Waals surface area contributed by atoms with Gasteiger partial charge in [-0.25, -0.2) is 0 Å². The van der Waals surface area contributed by atoms with Crippen molar-refractivity contribution in [1.82, 2.24) is 13.5 Å². The van der Waals surface area contributed by atoms with Crippen LogP contribution in [0.15, 0.2) is 0 Å². The minimum absolute atomic E-state index is 0.0144. The van der Waals surface area contributed by atoms with Crippen LogP contribution >= 0.6 is 0 Å². The fourth-order valence-corrected chi connectivity index (χ4v) is 4.09. The van der Waals surface area contributed by atoms with Gasteiger partial charge in [-0.2, -0.15) is 17.0 Å². The Kier molecular flexibility index (Phi) is 7.05. The summed E-state index contributed by atoms with van der Waals surface area (Å²) in [7, 11) is 1.49. The van der Waals surface area contributed by atoms with E-state index in [2.05, 4.69) is 0 Å². The van der Waals surface area contributed by atoms with Crippen LogP contribution in [0.1, 0.15) is 32.1 Å². The van der Waals surface area contributed by atoms with Crippen molar-refractivity contribution in [3.05, 3.63) is 0 Å². The summed E-state index contributed by atoms with van der Waals surface area (Å²) >= 11 is 0. The number of hydrogen-bond donors (Lipinski definition) is 1. The Bertz CT molecular complexity index is 433. The number of nitrogens with zero attached hydrogens (tertiary/aromatic N) is 3. The minimum Gasteiger partial charge on any atom is -0.480 e. The average molecular weight is 321 g/mol. The molecule has 8 heteroatoms. The van der Waals surface area contributed by atoms with E-state index in [9.17, 15) is 13.2 Å². The Labute approximate surface area is 127 Å².